The molecule has 4 rings (SSSR count). The van der Waals surface area contributed by atoms with Gasteiger partial charge in [-0.05, 0) is 45.3 Å². The minimum Gasteiger partial charge on any atom is -0.354 e. The highest BCUT2D eigenvalue weighted by Crippen LogP contribution is 2.38. The van der Waals surface area contributed by atoms with Gasteiger partial charge in [0.15, 0.2) is 0 Å². The Balaban J connectivity index is 1.70. The molecule has 0 amide bonds. The number of anilines is 1. The average molecular weight is 271 g/mol. The van der Waals surface area contributed by atoms with E-state index in [0.29, 0.717) is 5.54 Å². The molecule has 1 N–H and O–H groups in total. The Morgan fingerprint density at radius 3 is 2.90 bits per heavy atom. The van der Waals surface area contributed by atoms with Gasteiger partial charge in [0.2, 0.25) is 0 Å². The van der Waals surface area contributed by atoms with E-state index in [1.807, 2.05) is 6.20 Å². The molecule has 4 heterocycles. The number of nitrogens with one attached hydrogen (secondary N) is 1. The third kappa shape index (κ3) is 1.73. The molecule has 0 radical (unpaired) electrons. The Labute approximate surface area is 119 Å². The van der Waals surface area contributed by atoms with E-state index in [1.54, 1.807) is 6.33 Å². The fraction of sp³-hybridized carbons (Fsp3) is 0.600. The lowest BCUT2D eigenvalue weighted by molar-refractivity contribution is 0.147. The fourth-order valence-electron chi connectivity index (χ4n) is 3.99. The molecule has 2 aromatic heterocycles. The highest BCUT2D eigenvalue weighted by Gasteiger charge is 2.42. The van der Waals surface area contributed by atoms with Gasteiger partial charge < -0.3 is 9.88 Å². The molecule has 0 saturated carbocycles. The van der Waals surface area contributed by atoms with Crippen LogP contribution in [0.4, 0.5) is 5.82 Å². The number of rotatable bonds is 1. The van der Waals surface area contributed by atoms with E-state index in [4.69, 9.17) is 0 Å². The summed E-state index contributed by atoms with van der Waals surface area (Å²) in [5.74, 6) is 1.09. The van der Waals surface area contributed by atoms with E-state index in [-0.39, 0.29) is 0 Å². The van der Waals surface area contributed by atoms with E-state index in [9.17, 15) is 0 Å². The molecule has 1 atom stereocenters. The second-order valence-corrected chi connectivity index (χ2v) is 6.21. The molecule has 5 heteroatoms. The lowest BCUT2D eigenvalue weighted by atomic mass is 9.86. The van der Waals surface area contributed by atoms with Crippen molar-refractivity contribution in [3.8, 4) is 0 Å². The second-order valence-electron chi connectivity index (χ2n) is 6.21. The van der Waals surface area contributed by atoms with Gasteiger partial charge in [0, 0.05) is 24.8 Å². The van der Waals surface area contributed by atoms with Gasteiger partial charge in [-0.15, -0.1) is 0 Å². The minimum atomic E-state index is 0.367. The Kier molecular flexibility index (Phi) is 2.70. The SMILES string of the molecule is CN1CCCC12CCCN(c1ncnc3[nH]ccc13)C2. The molecule has 0 bridgehead atoms. The standard InChI is InChI=1S/C15H21N5/c1-19-8-2-5-15(19)6-3-9-20(10-15)14-12-4-7-16-13(12)17-11-18-14/h4,7,11H,2-3,5-6,8-10H2,1H3,(H,16,17,18). The quantitative estimate of drug-likeness (QED) is 0.862. The number of aromatic amines is 1. The first-order chi connectivity index (χ1) is 9.78. The summed E-state index contributed by atoms with van der Waals surface area (Å²) < 4.78 is 0. The van der Waals surface area contributed by atoms with Crippen molar-refractivity contribution in [2.45, 2.75) is 31.2 Å². The fourth-order valence-corrected chi connectivity index (χ4v) is 3.99. The topological polar surface area (TPSA) is 48.1 Å². The number of H-pyrrole nitrogens is 1. The van der Waals surface area contributed by atoms with E-state index in [2.05, 4.69) is 37.9 Å². The number of aromatic nitrogens is 3. The van der Waals surface area contributed by atoms with Crippen molar-refractivity contribution in [2.24, 2.45) is 0 Å². The van der Waals surface area contributed by atoms with Crippen LogP contribution in [0.15, 0.2) is 18.6 Å². The summed E-state index contributed by atoms with van der Waals surface area (Å²) in [6.07, 6.45) is 8.84. The number of fused-ring (bicyclic) bond motifs is 1. The molecular weight excluding hydrogens is 250 g/mol. The van der Waals surface area contributed by atoms with Gasteiger partial charge >= 0.3 is 0 Å². The van der Waals surface area contributed by atoms with Gasteiger partial charge in [-0.2, -0.15) is 0 Å². The van der Waals surface area contributed by atoms with E-state index < -0.39 is 0 Å². The van der Waals surface area contributed by atoms with Crippen molar-refractivity contribution in [3.63, 3.8) is 0 Å². The number of likely N-dealkylation sites (tertiary alicyclic amines) is 1. The Hall–Kier alpha value is -1.62. The third-order valence-corrected chi connectivity index (χ3v) is 5.13. The maximum absolute atomic E-state index is 4.56. The van der Waals surface area contributed by atoms with Gasteiger partial charge in [-0.25, -0.2) is 9.97 Å². The van der Waals surface area contributed by atoms with Gasteiger partial charge in [0.25, 0.3) is 0 Å². The van der Waals surface area contributed by atoms with Gasteiger partial charge in [-0.3, -0.25) is 4.90 Å². The van der Waals surface area contributed by atoms with Gasteiger partial charge in [0.1, 0.15) is 17.8 Å². The number of piperidine rings is 1. The van der Waals surface area contributed by atoms with Crippen LogP contribution in [0.25, 0.3) is 11.0 Å². The first kappa shape index (κ1) is 12.1. The molecule has 2 fully saturated rings. The van der Waals surface area contributed by atoms with Crippen LogP contribution >= 0.6 is 0 Å². The van der Waals surface area contributed by atoms with Crippen LogP contribution in [0.5, 0.6) is 0 Å². The van der Waals surface area contributed by atoms with E-state index >= 15 is 0 Å². The zero-order chi connectivity index (χ0) is 13.6. The van der Waals surface area contributed by atoms with Crippen molar-refractivity contribution < 1.29 is 0 Å². The Morgan fingerprint density at radius 2 is 2.05 bits per heavy atom. The summed E-state index contributed by atoms with van der Waals surface area (Å²) in [5, 5.41) is 1.14. The molecule has 1 unspecified atom stereocenters. The van der Waals surface area contributed by atoms with E-state index in [1.165, 1.54) is 32.2 Å². The lowest BCUT2D eigenvalue weighted by Gasteiger charge is -2.45. The van der Waals surface area contributed by atoms with Crippen molar-refractivity contribution >= 4 is 16.9 Å². The van der Waals surface area contributed by atoms with E-state index in [0.717, 1.165) is 29.9 Å². The summed E-state index contributed by atoms with van der Waals surface area (Å²) >= 11 is 0. The molecule has 20 heavy (non-hydrogen) atoms. The van der Waals surface area contributed by atoms with Crippen LogP contribution < -0.4 is 4.90 Å². The summed E-state index contributed by atoms with van der Waals surface area (Å²) in [4.78, 5) is 17.1. The van der Waals surface area contributed by atoms with Crippen molar-refractivity contribution in [3.05, 3.63) is 18.6 Å². The summed E-state index contributed by atoms with van der Waals surface area (Å²) in [6, 6.07) is 2.09. The van der Waals surface area contributed by atoms with Crippen LogP contribution in [-0.4, -0.2) is 52.1 Å². The van der Waals surface area contributed by atoms with Crippen molar-refractivity contribution in [1.82, 2.24) is 19.9 Å². The second kappa shape index (κ2) is 4.45. The molecule has 0 aliphatic carbocycles. The summed E-state index contributed by atoms with van der Waals surface area (Å²) in [7, 11) is 2.28. The average Bonchev–Trinajstić information content (AvgIpc) is 3.07. The predicted molar refractivity (Wildman–Crippen MR) is 79.9 cm³/mol. The van der Waals surface area contributed by atoms with Crippen LogP contribution in [0.2, 0.25) is 0 Å². The third-order valence-electron chi connectivity index (χ3n) is 5.13. The molecule has 1 spiro atoms. The molecule has 5 nitrogen and oxygen atoms in total. The Bertz CT molecular complexity index is 622. The minimum absolute atomic E-state index is 0.367. The predicted octanol–water partition coefficient (Wildman–Crippen LogP) is 2.02. The van der Waals surface area contributed by atoms with Gasteiger partial charge in [0.05, 0.1) is 5.39 Å². The maximum Gasteiger partial charge on any atom is 0.142 e. The first-order valence-corrected chi connectivity index (χ1v) is 7.53. The zero-order valence-corrected chi connectivity index (χ0v) is 12.0. The van der Waals surface area contributed by atoms with Crippen LogP contribution in [0.3, 0.4) is 0 Å². The molecule has 2 saturated heterocycles. The van der Waals surface area contributed by atoms with Crippen LogP contribution in [0, 0.1) is 0 Å². The molecule has 2 aromatic rings. The molecule has 0 aromatic carbocycles. The monoisotopic (exact) mass is 271 g/mol. The smallest absolute Gasteiger partial charge is 0.142 e. The summed E-state index contributed by atoms with van der Waals surface area (Å²) in [6.45, 7) is 3.44. The normalized spacial score (nSPS) is 27.8. The Morgan fingerprint density at radius 1 is 1.20 bits per heavy atom. The zero-order valence-electron chi connectivity index (χ0n) is 12.0. The first-order valence-electron chi connectivity index (χ1n) is 7.53. The molecule has 2 aliphatic heterocycles. The maximum atomic E-state index is 4.56. The van der Waals surface area contributed by atoms with Crippen molar-refractivity contribution in [2.75, 3.05) is 31.6 Å². The highest BCUT2D eigenvalue weighted by molar-refractivity contribution is 5.87. The van der Waals surface area contributed by atoms with Crippen LogP contribution in [0.1, 0.15) is 25.7 Å². The van der Waals surface area contributed by atoms with Gasteiger partial charge in [-0.1, -0.05) is 0 Å². The van der Waals surface area contributed by atoms with Crippen LogP contribution in [-0.2, 0) is 0 Å². The number of hydrogen-bond donors (Lipinski definition) is 1. The number of hydrogen-bond acceptors (Lipinski definition) is 4. The highest BCUT2D eigenvalue weighted by atomic mass is 15.3. The molecular formula is C15H21N5. The van der Waals surface area contributed by atoms with Crippen molar-refractivity contribution in [1.29, 1.82) is 0 Å². The molecule has 2 aliphatic rings. The number of nitrogens with zero attached hydrogens (tertiary/aromatic N) is 4. The number of likely N-dealkylation sites (N-methyl/N-ethyl adjacent to an activating group) is 1. The largest absolute Gasteiger partial charge is 0.354 e. The lowest BCUT2D eigenvalue weighted by Crippen LogP contribution is -2.54. The molecule has 106 valence electrons. The summed E-state index contributed by atoms with van der Waals surface area (Å²) in [5.41, 5.74) is 1.31.